The van der Waals surface area contributed by atoms with Gasteiger partial charge in [0.15, 0.2) is 0 Å². The lowest BCUT2D eigenvalue weighted by Gasteiger charge is -2.12. The molecule has 0 spiro atoms. The van der Waals surface area contributed by atoms with Crippen LogP contribution >= 0.6 is 11.8 Å². The van der Waals surface area contributed by atoms with Gasteiger partial charge in [-0.15, -0.1) is 11.8 Å². The van der Waals surface area contributed by atoms with Crippen LogP contribution in [0.25, 0.3) is 10.8 Å². The fraction of sp³-hybridized carbons (Fsp3) is 0.150. The van der Waals surface area contributed by atoms with Crippen LogP contribution in [-0.4, -0.2) is 11.2 Å². The van der Waals surface area contributed by atoms with E-state index < -0.39 is 0 Å². The first kappa shape index (κ1) is 15.6. The molecule has 0 bridgehead atoms. The number of anilines is 1. The summed E-state index contributed by atoms with van der Waals surface area (Å²) >= 11 is 1.57. The van der Waals surface area contributed by atoms with Crippen LogP contribution in [0.15, 0.2) is 71.6 Å². The summed E-state index contributed by atoms with van der Waals surface area (Å²) in [6.07, 6.45) is 0. The van der Waals surface area contributed by atoms with Crippen LogP contribution in [0.5, 0.6) is 0 Å². The highest BCUT2D eigenvalue weighted by molar-refractivity contribution is 8.00. The van der Waals surface area contributed by atoms with Crippen molar-refractivity contribution in [2.45, 2.75) is 24.0 Å². The number of aryl methyl sites for hydroxylation is 1. The molecule has 0 aliphatic carbocycles. The minimum atomic E-state index is -0.149. The van der Waals surface area contributed by atoms with E-state index >= 15 is 0 Å². The molecule has 0 saturated carbocycles. The maximum Gasteiger partial charge on any atom is 0.237 e. The van der Waals surface area contributed by atoms with Crippen LogP contribution in [0.4, 0.5) is 5.69 Å². The monoisotopic (exact) mass is 321 g/mol. The van der Waals surface area contributed by atoms with Gasteiger partial charge in [-0.25, -0.2) is 0 Å². The number of nitrogens with one attached hydrogen (secondary N) is 1. The van der Waals surface area contributed by atoms with Crippen LogP contribution in [0, 0.1) is 6.92 Å². The lowest BCUT2D eigenvalue weighted by atomic mass is 10.1. The van der Waals surface area contributed by atoms with Crippen LogP contribution in [0.2, 0.25) is 0 Å². The van der Waals surface area contributed by atoms with Crippen molar-refractivity contribution in [3.63, 3.8) is 0 Å². The number of carbonyl (C=O) groups excluding carboxylic acids is 1. The molecule has 0 saturated heterocycles. The first-order chi connectivity index (χ1) is 11.1. The molecule has 1 amide bonds. The molecular formula is C20H19NOS. The Bertz CT molecular complexity index is 826. The summed E-state index contributed by atoms with van der Waals surface area (Å²) in [5, 5.41) is 5.16. The molecule has 1 atom stereocenters. The van der Waals surface area contributed by atoms with E-state index in [-0.39, 0.29) is 11.2 Å². The first-order valence-electron chi connectivity index (χ1n) is 7.65. The molecule has 2 nitrogen and oxygen atoms in total. The molecule has 3 aromatic carbocycles. The molecule has 0 radical (unpaired) electrons. The molecular weight excluding hydrogens is 302 g/mol. The van der Waals surface area contributed by atoms with Gasteiger partial charge in [0.2, 0.25) is 5.91 Å². The molecule has 3 aromatic rings. The Hall–Kier alpha value is -2.26. The Morgan fingerprint density at radius 1 is 0.957 bits per heavy atom. The second-order valence-corrected chi connectivity index (χ2v) is 7.04. The summed E-state index contributed by atoms with van der Waals surface area (Å²) in [7, 11) is 0. The second-order valence-electron chi connectivity index (χ2n) is 5.62. The maximum absolute atomic E-state index is 12.4. The SMILES string of the molecule is Cc1ccc(S[C@H](C)C(=O)Nc2ccc3ccccc3c2)cc1. The molecule has 116 valence electrons. The van der Waals surface area contributed by atoms with E-state index in [0.29, 0.717) is 0 Å². The molecule has 1 N–H and O–H groups in total. The number of benzene rings is 3. The van der Waals surface area contributed by atoms with Crippen molar-refractivity contribution in [2.24, 2.45) is 0 Å². The Morgan fingerprint density at radius 3 is 2.39 bits per heavy atom. The minimum absolute atomic E-state index is 0.0193. The number of carbonyl (C=O) groups is 1. The van der Waals surface area contributed by atoms with Crippen LogP contribution in [0.1, 0.15) is 12.5 Å². The molecule has 3 rings (SSSR count). The summed E-state index contributed by atoms with van der Waals surface area (Å²) in [5.74, 6) is 0.0193. The van der Waals surface area contributed by atoms with Crippen molar-refractivity contribution < 1.29 is 4.79 Å². The molecule has 0 unspecified atom stereocenters. The van der Waals surface area contributed by atoms with E-state index in [4.69, 9.17) is 0 Å². The number of fused-ring (bicyclic) bond motifs is 1. The predicted molar refractivity (Wildman–Crippen MR) is 99.1 cm³/mol. The minimum Gasteiger partial charge on any atom is -0.325 e. The van der Waals surface area contributed by atoms with Crippen LogP contribution in [-0.2, 0) is 4.79 Å². The van der Waals surface area contributed by atoms with Crippen LogP contribution in [0.3, 0.4) is 0 Å². The van der Waals surface area contributed by atoms with Gasteiger partial charge in [0, 0.05) is 10.6 Å². The molecule has 0 aliphatic rings. The standard InChI is InChI=1S/C20H19NOS/c1-14-7-11-19(12-8-14)23-15(2)20(22)21-18-10-9-16-5-3-4-6-17(16)13-18/h3-13,15H,1-2H3,(H,21,22)/t15-/m1/s1. The summed E-state index contributed by atoms with van der Waals surface area (Å²) in [5.41, 5.74) is 2.06. The topological polar surface area (TPSA) is 29.1 Å². The first-order valence-corrected chi connectivity index (χ1v) is 8.53. The summed E-state index contributed by atoms with van der Waals surface area (Å²) in [6, 6.07) is 22.4. The number of hydrogen-bond acceptors (Lipinski definition) is 2. The second kappa shape index (κ2) is 6.88. The highest BCUT2D eigenvalue weighted by atomic mass is 32.2. The van der Waals surface area contributed by atoms with E-state index in [9.17, 15) is 4.79 Å². The third-order valence-corrected chi connectivity index (χ3v) is 4.83. The van der Waals surface area contributed by atoms with Gasteiger partial charge in [0.1, 0.15) is 0 Å². The summed E-state index contributed by atoms with van der Waals surface area (Å²) in [6.45, 7) is 3.99. The fourth-order valence-electron chi connectivity index (χ4n) is 2.39. The summed E-state index contributed by atoms with van der Waals surface area (Å²) in [4.78, 5) is 13.5. The van der Waals surface area contributed by atoms with E-state index in [1.807, 2.05) is 37.3 Å². The smallest absolute Gasteiger partial charge is 0.237 e. The molecule has 0 heterocycles. The Kier molecular flexibility index (Phi) is 4.68. The van der Waals surface area contributed by atoms with Gasteiger partial charge in [0.25, 0.3) is 0 Å². The molecule has 0 fully saturated rings. The van der Waals surface area contributed by atoms with Crippen molar-refractivity contribution in [1.29, 1.82) is 0 Å². The zero-order valence-electron chi connectivity index (χ0n) is 13.2. The average molecular weight is 321 g/mol. The number of amides is 1. The molecule has 0 aromatic heterocycles. The normalized spacial score (nSPS) is 12.1. The lowest BCUT2D eigenvalue weighted by Crippen LogP contribution is -2.22. The highest BCUT2D eigenvalue weighted by Crippen LogP contribution is 2.25. The molecule has 23 heavy (non-hydrogen) atoms. The van der Waals surface area contributed by atoms with E-state index in [2.05, 4.69) is 48.6 Å². The zero-order valence-corrected chi connectivity index (χ0v) is 14.1. The summed E-state index contributed by atoms with van der Waals surface area (Å²) < 4.78 is 0. The van der Waals surface area contributed by atoms with Gasteiger partial charge in [-0.2, -0.15) is 0 Å². The van der Waals surface area contributed by atoms with E-state index in [1.54, 1.807) is 11.8 Å². The van der Waals surface area contributed by atoms with Crippen molar-refractivity contribution in [3.05, 3.63) is 72.3 Å². The van der Waals surface area contributed by atoms with Gasteiger partial charge in [-0.1, -0.05) is 48.0 Å². The van der Waals surface area contributed by atoms with Gasteiger partial charge in [-0.3, -0.25) is 4.79 Å². The van der Waals surface area contributed by atoms with Crippen LogP contribution < -0.4 is 5.32 Å². The van der Waals surface area contributed by atoms with Crippen molar-refractivity contribution in [3.8, 4) is 0 Å². The zero-order chi connectivity index (χ0) is 16.2. The van der Waals surface area contributed by atoms with Gasteiger partial charge < -0.3 is 5.32 Å². The maximum atomic E-state index is 12.4. The highest BCUT2D eigenvalue weighted by Gasteiger charge is 2.14. The number of hydrogen-bond donors (Lipinski definition) is 1. The Labute approximate surface area is 140 Å². The Balaban J connectivity index is 1.68. The van der Waals surface area contributed by atoms with E-state index in [1.165, 1.54) is 10.9 Å². The third-order valence-electron chi connectivity index (χ3n) is 3.72. The van der Waals surface area contributed by atoms with Gasteiger partial charge >= 0.3 is 0 Å². The third kappa shape index (κ3) is 3.93. The van der Waals surface area contributed by atoms with Crippen molar-refractivity contribution >= 4 is 34.1 Å². The lowest BCUT2D eigenvalue weighted by molar-refractivity contribution is -0.115. The quantitative estimate of drug-likeness (QED) is 0.663. The van der Waals surface area contributed by atoms with E-state index in [0.717, 1.165) is 16.0 Å². The molecule has 0 aliphatic heterocycles. The predicted octanol–water partition coefficient (Wildman–Crippen LogP) is 5.27. The van der Waals surface area contributed by atoms with Crippen molar-refractivity contribution in [2.75, 3.05) is 5.32 Å². The largest absolute Gasteiger partial charge is 0.325 e. The Morgan fingerprint density at radius 2 is 1.65 bits per heavy atom. The fourth-order valence-corrected chi connectivity index (χ4v) is 3.25. The number of rotatable bonds is 4. The molecule has 3 heteroatoms. The number of thioether (sulfide) groups is 1. The van der Waals surface area contributed by atoms with Crippen molar-refractivity contribution in [1.82, 2.24) is 0 Å². The average Bonchev–Trinajstić information content (AvgIpc) is 2.56. The van der Waals surface area contributed by atoms with Gasteiger partial charge in [0.05, 0.1) is 5.25 Å². The van der Waals surface area contributed by atoms with Gasteiger partial charge in [-0.05, 0) is 48.9 Å².